The molecule has 0 fully saturated rings. The minimum Gasteiger partial charge on any atom is -0.478 e. The van der Waals surface area contributed by atoms with Crippen LogP contribution in [-0.2, 0) is 4.79 Å². The number of allylic oxidation sites excluding steroid dienone is 1. The molecular formula is C8H16O2Si. The van der Waals surface area contributed by atoms with E-state index in [9.17, 15) is 4.79 Å². The highest BCUT2D eigenvalue weighted by Crippen LogP contribution is 2.14. The van der Waals surface area contributed by atoms with Gasteiger partial charge in [-0.3, -0.25) is 0 Å². The molecule has 0 aromatic rings. The van der Waals surface area contributed by atoms with E-state index in [-0.39, 0.29) is 0 Å². The summed E-state index contributed by atoms with van der Waals surface area (Å²) >= 11 is 0. The fourth-order valence-corrected chi connectivity index (χ4v) is 2.87. The Labute approximate surface area is 68.9 Å². The number of aliphatic carboxylic acids is 1. The van der Waals surface area contributed by atoms with E-state index in [0.717, 1.165) is 11.6 Å². The molecule has 0 spiro atoms. The second-order valence-corrected chi connectivity index (χ2v) is 9.54. The Morgan fingerprint density at radius 3 is 2.18 bits per heavy atom. The summed E-state index contributed by atoms with van der Waals surface area (Å²) in [6.45, 7) is 8.57. The number of carboxylic acids is 1. The Kier molecular flexibility index (Phi) is 3.52. The fourth-order valence-electron chi connectivity index (χ4n) is 1.10. The average molecular weight is 172 g/mol. The van der Waals surface area contributed by atoms with Gasteiger partial charge in [0.15, 0.2) is 0 Å². The van der Waals surface area contributed by atoms with Gasteiger partial charge in [-0.05, 0) is 13.0 Å². The molecule has 0 aliphatic rings. The summed E-state index contributed by atoms with van der Waals surface area (Å²) in [4.78, 5) is 10.2. The molecule has 0 heterocycles. The van der Waals surface area contributed by atoms with Gasteiger partial charge in [-0.2, -0.15) is 0 Å². The molecule has 3 heteroatoms. The number of carbonyl (C=O) groups is 1. The highest BCUT2D eigenvalue weighted by atomic mass is 28.3. The molecule has 2 nitrogen and oxygen atoms in total. The highest BCUT2D eigenvalue weighted by molar-refractivity contribution is 6.76. The zero-order valence-electron chi connectivity index (χ0n) is 7.64. The van der Waals surface area contributed by atoms with Gasteiger partial charge < -0.3 is 5.11 Å². The van der Waals surface area contributed by atoms with Gasteiger partial charge in [-0.25, -0.2) is 4.79 Å². The van der Waals surface area contributed by atoms with Crippen LogP contribution in [0.3, 0.4) is 0 Å². The van der Waals surface area contributed by atoms with Gasteiger partial charge in [0.05, 0.1) is 0 Å². The third-order valence-corrected chi connectivity index (χ3v) is 2.80. The smallest absolute Gasteiger partial charge is 0.328 e. The molecule has 0 saturated carbocycles. The normalized spacial score (nSPS) is 13.3. The first-order valence-corrected chi connectivity index (χ1v) is 7.42. The molecule has 11 heavy (non-hydrogen) atoms. The lowest BCUT2D eigenvalue weighted by Gasteiger charge is -2.15. The Morgan fingerprint density at radius 2 is 1.91 bits per heavy atom. The molecule has 1 N–H and O–H groups in total. The van der Waals surface area contributed by atoms with Crippen LogP contribution in [0.4, 0.5) is 0 Å². The first-order valence-electron chi connectivity index (χ1n) is 3.71. The zero-order chi connectivity index (χ0) is 9.07. The number of hydrogen-bond acceptors (Lipinski definition) is 1. The van der Waals surface area contributed by atoms with Crippen LogP contribution in [0.15, 0.2) is 11.6 Å². The van der Waals surface area contributed by atoms with Crippen LogP contribution < -0.4 is 0 Å². The maximum Gasteiger partial charge on any atom is 0.328 e. The number of hydrogen-bond donors (Lipinski definition) is 1. The van der Waals surface area contributed by atoms with Crippen molar-refractivity contribution in [1.82, 2.24) is 0 Å². The van der Waals surface area contributed by atoms with Crippen molar-refractivity contribution in [3.8, 4) is 0 Å². The van der Waals surface area contributed by atoms with Crippen LogP contribution in [0, 0.1) is 0 Å². The summed E-state index contributed by atoms with van der Waals surface area (Å²) in [5, 5.41) is 8.42. The van der Waals surface area contributed by atoms with Crippen LogP contribution >= 0.6 is 0 Å². The van der Waals surface area contributed by atoms with Crippen molar-refractivity contribution in [2.24, 2.45) is 0 Å². The zero-order valence-corrected chi connectivity index (χ0v) is 8.64. The lowest BCUT2D eigenvalue weighted by molar-refractivity contribution is -0.131. The molecule has 0 rings (SSSR count). The molecule has 64 valence electrons. The van der Waals surface area contributed by atoms with E-state index >= 15 is 0 Å². The quantitative estimate of drug-likeness (QED) is 0.524. The SMILES string of the molecule is CC(=CC(=O)O)C[Si](C)(C)C. The van der Waals surface area contributed by atoms with Crippen molar-refractivity contribution < 1.29 is 9.90 Å². The molecule has 0 aliphatic carbocycles. The van der Waals surface area contributed by atoms with Crippen LogP contribution in [0.1, 0.15) is 6.92 Å². The molecule has 0 saturated heterocycles. The Morgan fingerprint density at radius 1 is 1.45 bits per heavy atom. The average Bonchev–Trinajstić information content (AvgIpc) is 1.53. The minimum absolute atomic E-state index is 0.833. The molecule has 0 atom stereocenters. The minimum atomic E-state index is -1.12. The molecule has 0 aliphatic heterocycles. The van der Waals surface area contributed by atoms with Gasteiger partial charge in [0, 0.05) is 14.1 Å². The first-order chi connectivity index (χ1) is 4.81. The molecule has 0 bridgehead atoms. The third kappa shape index (κ3) is 7.32. The molecule has 0 amide bonds. The topological polar surface area (TPSA) is 37.3 Å². The van der Waals surface area contributed by atoms with Gasteiger partial charge in [0.1, 0.15) is 0 Å². The van der Waals surface area contributed by atoms with E-state index in [0.29, 0.717) is 0 Å². The van der Waals surface area contributed by atoms with E-state index in [1.165, 1.54) is 6.08 Å². The highest BCUT2D eigenvalue weighted by Gasteiger charge is 2.13. The van der Waals surface area contributed by atoms with Crippen LogP contribution in [0.2, 0.25) is 25.7 Å². The van der Waals surface area contributed by atoms with Crippen molar-refractivity contribution >= 4 is 14.0 Å². The van der Waals surface area contributed by atoms with Crippen LogP contribution in [0.25, 0.3) is 0 Å². The number of rotatable bonds is 3. The Hall–Kier alpha value is -0.573. The monoisotopic (exact) mass is 172 g/mol. The van der Waals surface area contributed by atoms with E-state index in [4.69, 9.17) is 5.11 Å². The Bertz CT molecular complexity index is 177. The molecule has 0 radical (unpaired) electrons. The summed E-state index contributed by atoms with van der Waals surface area (Å²) in [5.41, 5.74) is 0.983. The van der Waals surface area contributed by atoms with Crippen molar-refractivity contribution in [2.45, 2.75) is 32.6 Å². The van der Waals surface area contributed by atoms with Crippen molar-refractivity contribution in [1.29, 1.82) is 0 Å². The summed E-state index contributed by atoms with van der Waals surface area (Å²) < 4.78 is 0. The maximum atomic E-state index is 10.2. The van der Waals surface area contributed by atoms with E-state index in [1.807, 2.05) is 6.92 Å². The van der Waals surface area contributed by atoms with Crippen molar-refractivity contribution in [3.63, 3.8) is 0 Å². The molecular weight excluding hydrogens is 156 g/mol. The van der Waals surface area contributed by atoms with Crippen LogP contribution in [0.5, 0.6) is 0 Å². The van der Waals surface area contributed by atoms with Gasteiger partial charge in [-0.1, -0.05) is 25.2 Å². The lowest BCUT2D eigenvalue weighted by atomic mass is 10.3. The van der Waals surface area contributed by atoms with E-state index < -0.39 is 14.0 Å². The summed E-state index contributed by atoms with van der Waals surface area (Å²) in [5.74, 6) is -0.833. The summed E-state index contributed by atoms with van der Waals surface area (Å²) in [6.07, 6.45) is 1.30. The second-order valence-electron chi connectivity index (χ2n) is 4.07. The van der Waals surface area contributed by atoms with Gasteiger partial charge in [0.25, 0.3) is 0 Å². The van der Waals surface area contributed by atoms with E-state index in [1.54, 1.807) is 0 Å². The number of carboxylic acid groups (broad SMARTS) is 1. The van der Waals surface area contributed by atoms with Crippen molar-refractivity contribution in [2.75, 3.05) is 0 Å². The standard InChI is InChI=1S/C8H16O2Si/c1-7(5-8(9)10)6-11(2,3)4/h5H,6H2,1-4H3,(H,9,10). The second kappa shape index (κ2) is 3.71. The fraction of sp³-hybridized carbons (Fsp3) is 0.625. The van der Waals surface area contributed by atoms with Crippen molar-refractivity contribution in [3.05, 3.63) is 11.6 Å². The lowest BCUT2D eigenvalue weighted by Crippen LogP contribution is -2.19. The largest absolute Gasteiger partial charge is 0.478 e. The van der Waals surface area contributed by atoms with Gasteiger partial charge >= 0.3 is 5.97 Å². The van der Waals surface area contributed by atoms with Gasteiger partial charge in [0.2, 0.25) is 0 Å². The first kappa shape index (κ1) is 10.4. The Balaban J connectivity index is 4.07. The summed E-state index contributed by atoms with van der Waals surface area (Å²) in [7, 11) is -1.12. The predicted molar refractivity (Wildman–Crippen MR) is 49.5 cm³/mol. The third-order valence-electron chi connectivity index (χ3n) is 1.18. The van der Waals surface area contributed by atoms with Gasteiger partial charge in [-0.15, -0.1) is 0 Å². The van der Waals surface area contributed by atoms with E-state index in [2.05, 4.69) is 19.6 Å². The van der Waals surface area contributed by atoms with Crippen LogP contribution in [-0.4, -0.2) is 19.1 Å². The maximum absolute atomic E-state index is 10.2. The summed E-state index contributed by atoms with van der Waals surface area (Å²) in [6, 6.07) is 0.972. The molecule has 0 aromatic carbocycles. The predicted octanol–water partition coefficient (Wildman–Crippen LogP) is 2.36. The molecule has 0 aromatic heterocycles. The molecule has 0 unspecified atom stereocenters.